The molecule has 5 heterocycles. The Balaban J connectivity index is 1.08. The molecular weight excluding hydrogens is 394 g/mol. The molecule has 8 heteroatoms. The van der Waals surface area contributed by atoms with Crippen molar-refractivity contribution in [3.63, 3.8) is 0 Å². The lowest BCUT2D eigenvalue weighted by molar-refractivity contribution is -0.136. The van der Waals surface area contributed by atoms with Gasteiger partial charge in [-0.25, -0.2) is 0 Å². The van der Waals surface area contributed by atoms with E-state index in [0.29, 0.717) is 30.0 Å². The molecule has 0 bridgehead atoms. The number of hydrogen-bond acceptors (Lipinski definition) is 6. The summed E-state index contributed by atoms with van der Waals surface area (Å²) < 4.78 is 0. The Morgan fingerprint density at radius 2 is 1.81 bits per heavy atom. The van der Waals surface area contributed by atoms with E-state index in [1.807, 2.05) is 12.1 Å². The zero-order valence-electron chi connectivity index (χ0n) is 17.7. The molecule has 4 fully saturated rings. The van der Waals surface area contributed by atoms with Crippen molar-refractivity contribution < 1.29 is 14.4 Å². The molecule has 0 saturated carbocycles. The van der Waals surface area contributed by atoms with Crippen LogP contribution >= 0.6 is 0 Å². The summed E-state index contributed by atoms with van der Waals surface area (Å²) in [7, 11) is 0. The van der Waals surface area contributed by atoms with Crippen LogP contribution in [0.1, 0.15) is 41.6 Å². The maximum absolute atomic E-state index is 12.9. The molecule has 8 nitrogen and oxygen atoms in total. The Labute approximate surface area is 181 Å². The Morgan fingerprint density at radius 1 is 1.03 bits per heavy atom. The number of nitrogens with one attached hydrogen (secondary N) is 2. The second-order valence-corrected chi connectivity index (χ2v) is 9.94. The van der Waals surface area contributed by atoms with Crippen LogP contribution in [0.15, 0.2) is 18.2 Å². The van der Waals surface area contributed by atoms with E-state index in [1.165, 1.54) is 39.0 Å². The van der Waals surface area contributed by atoms with Gasteiger partial charge in [-0.3, -0.25) is 24.6 Å². The zero-order chi connectivity index (χ0) is 21.2. The minimum Gasteiger partial charge on any atom is -0.368 e. The Hall–Kier alpha value is -2.45. The van der Waals surface area contributed by atoms with Crippen LogP contribution in [-0.2, 0) is 16.1 Å². The van der Waals surface area contributed by atoms with E-state index in [2.05, 4.69) is 26.5 Å². The number of anilines is 1. The van der Waals surface area contributed by atoms with Gasteiger partial charge < -0.3 is 15.1 Å². The van der Waals surface area contributed by atoms with Gasteiger partial charge in [0.1, 0.15) is 6.04 Å². The molecule has 2 N–H and O–H groups in total. The normalized spacial score (nSPS) is 28.4. The number of rotatable bonds is 3. The van der Waals surface area contributed by atoms with Crippen LogP contribution in [0.3, 0.4) is 0 Å². The fourth-order valence-electron chi connectivity index (χ4n) is 5.85. The van der Waals surface area contributed by atoms with Gasteiger partial charge in [0.05, 0.1) is 0 Å². The predicted molar refractivity (Wildman–Crippen MR) is 115 cm³/mol. The number of benzene rings is 1. The number of hydrogen-bond donors (Lipinski definition) is 2. The van der Waals surface area contributed by atoms with E-state index in [0.717, 1.165) is 24.3 Å². The molecule has 0 aromatic heterocycles. The summed E-state index contributed by atoms with van der Waals surface area (Å²) in [5.41, 5.74) is 3.40. The first-order valence-corrected chi connectivity index (χ1v) is 11.5. The quantitative estimate of drug-likeness (QED) is 0.682. The standard InChI is InChI=1S/C23H29N5O3/c29-20-4-3-19(21(30)25-20)28-10-15-9-16(1-2-18(15)22(28)31)27-11-17(12-27)26-7-5-23(6-8-26)13-24-14-23/h1-2,9,17,19,24H,3-8,10-14H2,(H,25,29,30). The van der Waals surface area contributed by atoms with E-state index < -0.39 is 6.04 Å². The van der Waals surface area contributed by atoms with Gasteiger partial charge in [0.2, 0.25) is 11.8 Å². The van der Waals surface area contributed by atoms with Gasteiger partial charge in [0.25, 0.3) is 5.91 Å². The molecular formula is C23H29N5O3. The number of nitrogens with zero attached hydrogens (tertiary/aromatic N) is 3. The largest absolute Gasteiger partial charge is 0.368 e. The van der Waals surface area contributed by atoms with Gasteiger partial charge in [-0.05, 0) is 61.5 Å². The third-order valence-electron chi connectivity index (χ3n) is 8.11. The SMILES string of the molecule is O=C1CCC(N2Cc3cc(N4CC(N5CCC6(CC5)CNC6)C4)ccc3C2=O)C(=O)N1. The number of amides is 3. The van der Waals surface area contributed by atoms with E-state index in [4.69, 9.17) is 0 Å². The first-order chi connectivity index (χ1) is 15.0. The van der Waals surface area contributed by atoms with E-state index in [9.17, 15) is 14.4 Å². The lowest BCUT2D eigenvalue weighted by Gasteiger charge is -2.53. The number of imide groups is 1. The van der Waals surface area contributed by atoms with Crippen LogP contribution in [0.25, 0.3) is 0 Å². The number of carbonyl (C=O) groups is 3. The van der Waals surface area contributed by atoms with Gasteiger partial charge >= 0.3 is 0 Å². The highest BCUT2D eigenvalue weighted by Gasteiger charge is 2.43. The summed E-state index contributed by atoms with van der Waals surface area (Å²) in [5, 5.41) is 5.79. The number of fused-ring (bicyclic) bond motifs is 1. The van der Waals surface area contributed by atoms with Crippen molar-refractivity contribution >= 4 is 23.4 Å². The summed E-state index contributed by atoms with van der Waals surface area (Å²) in [4.78, 5) is 43.2. The van der Waals surface area contributed by atoms with Crippen molar-refractivity contribution in [1.29, 1.82) is 0 Å². The maximum atomic E-state index is 12.9. The highest BCUT2D eigenvalue weighted by atomic mass is 16.2. The van der Waals surface area contributed by atoms with Gasteiger partial charge in [0.15, 0.2) is 0 Å². The molecule has 164 valence electrons. The predicted octanol–water partition coefficient (Wildman–Crippen LogP) is 0.322. The first-order valence-electron chi connectivity index (χ1n) is 11.5. The van der Waals surface area contributed by atoms with Crippen molar-refractivity contribution in [1.82, 2.24) is 20.4 Å². The third-order valence-corrected chi connectivity index (χ3v) is 8.11. The molecule has 1 spiro atoms. The summed E-state index contributed by atoms with van der Waals surface area (Å²) >= 11 is 0. The van der Waals surface area contributed by atoms with Crippen molar-refractivity contribution in [3.8, 4) is 0 Å². The molecule has 3 amide bonds. The lowest BCUT2D eigenvalue weighted by Crippen LogP contribution is -2.64. The average Bonchev–Trinajstić information content (AvgIpc) is 3.02. The summed E-state index contributed by atoms with van der Waals surface area (Å²) in [6.07, 6.45) is 3.31. The second kappa shape index (κ2) is 7.03. The lowest BCUT2D eigenvalue weighted by atomic mass is 9.73. The van der Waals surface area contributed by atoms with Crippen LogP contribution < -0.4 is 15.5 Å². The molecule has 1 aromatic rings. The van der Waals surface area contributed by atoms with E-state index >= 15 is 0 Å². The molecule has 1 atom stereocenters. The van der Waals surface area contributed by atoms with Gasteiger partial charge in [0, 0.05) is 56.4 Å². The summed E-state index contributed by atoms with van der Waals surface area (Å²) in [6, 6.07) is 6.12. The van der Waals surface area contributed by atoms with Crippen LogP contribution in [0.2, 0.25) is 0 Å². The molecule has 0 aliphatic carbocycles. The van der Waals surface area contributed by atoms with Crippen molar-refractivity contribution in [2.45, 2.75) is 44.3 Å². The second-order valence-electron chi connectivity index (χ2n) is 9.94. The van der Waals surface area contributed by atoms with Crippen molar-refractivity contribution in [2.75, 3.05) is 44.2 Å². The summed E-state index contributed by atoms with van der Waals surface area (Å²) in [5.74, 6) is -0.720. The first kappa shape index (κ1) is 19.3. The van der Waals surface area contributed by atoms with E-state index in [1.54, 1.807) is 4.90 Å². The molecule has 5 aliphatic rings. The van der Waals surface area contributed by atoms with Crippen molar-refractivity contribution in [3.05, 3.63) is 29.3 Å². The number of carbonyl (C=O) groups excluding carboxylic acids is 3. The maximum Gasteiger partial charge on any atom is 0.255 e. The Kier molecular flexibility index (Phi) is 4.37. The monoisotopic (exact) mass is 423 g/mol. The minimum atomic E-state index is -0.553. The number of likely N-dealkylation sites (tertiary alicyclic amines) is 1. The topological polar surface area (TPSA) is 85.0 Å². The minimum absolute atomic E-state index is 0.106. The molecule has 6 rings (SSSR count). The molecule has 1 aromatic carbocycles. The fourth-order valence-corrected chi connectivity index (χ4v) is 5.85. The zero-order valence-corrected chi connectivity index (χ0v) is 17.7. The van der Waals surface area contributed by atoms with Gasteiger partial charge in [-0.15, -0.1) is 0 Å². The van der Waals surface area contributed by atoms with Gasteiger partial charge in [-0.2, -0.15) is 0 Å². The van der Waals surface area contributed by atoms with Crippen LogP contribution in [-0.4, -0.2) is 78.9 Å². The average molecular weight is 424 g/mol. The van der Waals surface area contributed by atoms with E-state index in [-0.39, 0.29) is 24.1 Å². The molecule has 5 aliphatic heterocycles. The molecule has 31 heavy (non-hydrogen) atoms. The van der Waals surface area contributed by atoms with Crippen LogP contribution in [0.4, 0.5) is 5.69 Å². The Morgan fingerprint density at radius 3 is 2.48 bits per heavy atom. The highest BCUT2D eigenvalue weighted by molar-refractivity contribution is 6.05. The molecule has 0 radical (unpaired) electrons. The van der Waals surface area contributed by atoms with Gasteiger partial charge in [-0.1, -0.05) is 0 Å². The van der Waals surface area contributed by atoms with Crippen LogP contribution in [0, 0.1) is 5.41 Å². The fraction of sp³-hybridized carbons (Fsp3) is 0.609. The smallest absolute Gasteiger partial charge is 0.255 e. The van der Waals surface area contributed by atoms with Crippen LogP contribution in [0.5, 0.6) is 0 Å². The Bertz CT molecular complexity index is 943. The molecule has 1 unspecified atom stereocenters. The third kappa shape index (κ3) is 3.15. The number of piperidine rings is 2. The molecule has 4 saturated heterocycles. The summed E-state index contributed by atoms with van der Waals surface area (Å²) in [6.45, 7) is 7.32. The van der Waals surface area contributed by atoms with Crippen molar-refractivity contribution in [2.24, 2.45) is 5.41 Å². The highest BCUT2D eigenvalue weighted by Crippen LogP contribution is 2.37.